The fraction of sp³-hybridized carbons (Fsp3) is 0.632. The molecule has 1 unspecified atom stereocenters. The van der Waals surface area contributed by atoms with Gasteiger partial charge in [-0.25, -0.2) is 0 Å². The van der Waals surface area contributed by atoms with Crippen molar-refractivity contribution in [2.75, 3.05) is 40.3 Å². The van der Waals surface area contributed by atoms with Gasteiger partial charge < -0.3 is 15.1 Å². The summed E-state index contributed by atoms with van der Waals surface area (Å²) in [7, 11) is 4.12. The molecule has 1 aromatic rings. The molecule has 24 heavy (non-hydrogen) atoms. The van der Waals surface area contributed by atoms with Crippen molar-refractivity contribution in [3.05, 3.63) is 34.9 Å². The summed E-state index contributed by atoms with van der Waals surface area (Å²) in [6.45, 7) is 3.75. The Labute approximate surface area is 150 Å². The Balaban J connectivity index is 1.78. The zero-order valence-electron chi connectivity index (χ0n) is 14.7. The number of benzene rings is 1. The van der Waals surface area contributed by atoms with E-state index in [1.165, 1.54) is 12.8 Å². The van der Waals surface area contributed by atoms with E-state index in [-0.39, 0.29) is 11.9 Å². The third-order valence-corrected chi connectivity index (χ3v) is 6.04. The minimum atomic E-state index is 0.125. The predicted octanol–water partition coefficient (Wildman–Crippen LogP) is 2.93. The number of hydrogen-bond donors (Lipinski definition) is 1. The molecule has 1 N–H and O–H groups in total. The molecule has 0 aromatic heterocycles. The van der Waals surface area contributed by atoms with Crippen LogP contribution in [0.25, 0.3) is 0 Å². The second kappa shape index (κ2) is 7.42. The number of carbonyl (C=O) groups is 1. The molecule has 0 radical (unpaired) electrons. The molecule has 2 heterocycles. The minimum Gasteiger partial charge on any atom is -0.340 e. The largest absolute Gasteiger partial charge is 0.340 e. The summed E-state index contributed by atoms with van der Waals surface area (Å²) in [4.78, 5) is 16.8. The van der Waals surface area contributed by atoms with Crippen LogP contribution >= 0.6 is 11.6 Å². The van der Waals surface area contributed by atoms with E-state index in [0.717, 1.165) is 36.6 Å². The van der Waals surface area contributed by atoms with Crippen molar-refractivity contribution in [2.45, 2.75) is 31.7 Å². The Kier molecular flexibility index (Phi) is 5.48. The molecule has 5 heteroatoms. The Bertz CT molecular complexity index is 584. The molecule has 0 saturated carbocycles. The molecule has 1 amide bonds. The van der Waals surface area contributed by atoms with E-state index in [9.17, 15) is 4.79 Å². The van der Waals surface area contributed by atoms with Gasteiger partial charge >= 0.3 is 0 Å². The van der Waals surface area contributed by atoms with Crippen molar-refractivity contribution in [3.8, 4) is 0 Å². The summed E-state index contributed by atoms with van der Waals surface area (Å²) >= 11 is 6.42. The van der Waals surface area contributed by atoms with Crippen LogP contribution in [0.15, 0.2) is 24.3 Å². The quantitative estimate of drug-likeness (QED) is 0.907. The number of likely N-dealkylation sites (N-methyl/N-ethyl adjacent to an activating group) is 1. The van der Waals surface area contributed by atoms with E-state index in [2.05, 4.69) is 35.3 Å². The van der Waals surface area contributed by atoms with E-state index in [0.29, 0.717) is 18.4 Å². The lowest BCUT2D eigenvalue weighted by molar-refractivity contribution is -0.139. The van der Waals surface area contributed by atoms with Gasteiger partial charge in [-0.2, -0.15) is 0 Å². The number of likely N-dealkylation sites (tertiary alicyclic amines) is 1. The van der Waals surface area contributed by atoms with Crippen molar-refractivity contribution in [3.63, 3.8) is 0 Å². The third-order valence-electron chi connectivity index (χ3n) is 5.69. The van der Waals surface area contributed by atoms with E-state index >= 15 is 0 Å². The molecule has 0 aliphatic carbocycles. The molecule has 1 atom stereocenters. The highest BCUT2D eigenvalue weighted by Crippen LogP contribution is 2.39. The van der Waals surface area contributed by atoms with Crippen LogP contribution < -0.4 is 5.32 Å². The molecule has 1 spiro atoms. The summed E-state index contributed by atoms with van der Waals surface area (Å²) in [5.74, 6) is 0.290. The summed E-state index contributed by atoms with van der Waals surface area (Å²) < 4.78 is 0. The lowest BCUT2D eigenvalue weighted by Crippen LogP contribution is -2.52. The average Bonchev–Trinajstić information content (AvgIpc) is 2.57. The van der Waals surface area contributed by atoms with Gasteiger partial charge in [-0.1, -0.05) is 29.8 Å². The standard InChI is InChI=1S/C19H28ClN3O/c1-22(2)17(15-5-3-4-6-16(15)20)13-23-14-19(8-7-18(23)24)9-11-21-12-10-19/h3-6,17,21H,7-14H2,1-2H3. The first kappa shape index (κ1) is 17.7. The van der Waals surface area contributed by atoms with Crippen LogP contribution in [-0.4, -0.2) is 56.0 Å². The third kappa shape index (κ3) is 3.76. The molecular formula is C19H28ClN3O. The molecule has 4 nitrogen and oxygen atoms in total. The fourth-order valence-corrected chi connectivity index (χ4v) is 4.39. The monoisotopic (exact) mass is 349 g/mol. The molecule has 2 saturated heterocycles. The molecule has 2 fully saturated rings. The number of nitrogens with zero attached hydrogens (tertiary/aromatic N) is 2. The topological polar surface area (TPSA) is 35.6 Å². The highest BCUT2D eigenvalue weighted by atomic mass is 35.5. The van der Waals surface area contributed by atoms with E-state index < -0.39 is 0 Å². The SMILES string of the molecule is CN(C)C(CN1CC2(CCNCC2)CCC1=O)c1ccccc1Cl. The first-order valence-corrected chi connectivity index (χ1v) is 9.28. The molecule has 2 aliphatic heterocycles. The molecule has 2 aliphatic rings. The van der Waals surface area contributed by atoms with Crippen molar-refractivity contribution >= 4 is 17.5 Å². The van der Waals surface area contributed by atoms with Gasteiger partial charge in [0, 0.05) is 24.5 Å². The van der Waals surface area contributed by atoms with Gasteiger partial charge in [-0.3, -0.25) is 4.79 Å². The normalized spacial score (nSPS) is 22.2. The Morgan fingerprint density at radius 1 is 1.25 bits per heavy atom. The highest BCUT2D eigenvalue weighted by Gasteiger charge is 2.40. The predicted molar refractivity (Wildman–Crippen MR) is 98.2 cm³/mol. The molecule has 1 aromatic carbocycles. The van der Waals surface area contributed by atoms with Gasteiger partial charge in [0.05, 0.1) is 6.04 Å². The van der Waals surface area contributed by atoms with Crippen LogP contribution in [0.1, 0.15) is 37.3 Å². The van der Waals surface area contributed by atoms with Gasteiger partial charge in [0.2, 0.25) is 5.91 Å². The van der Waals surface area contributed by atoms with Gasteiger partial charge in [-0.15, -0.1) is 0 Å². The van der Waals surface area contributed by atoms with Gasteiger partial charge in [0.1, 0.15) is 0 Å². The maximum Gasteiger partial charge on any atom is 0.222 e. The summed E-state index contributed by atoms with van der Waals surface area (Å²) in [6.07, 6.45) is 4.08. The lowest BCUT2D eigenvalue weighted by Gasteiger charge is -2.46. The first-order valence-electron chi connectivity index (χ1n) is 8.90. The maximum atomic E-state index is 12.6. The molecule has 3 rings (SSSR count). The zero-order valence-corrected chi connectivity index (χ0v) is 15.5. The second-order valence-corrected chi connectivity index (χ2v) is 7.93. The number of halogens is 1. The maximum absolute atomic E-state index is 12.6. The van der Waals surface area contributed by atoms with Gasteiger partial charge in [0.25, 0.3) is 0 Å². The lowest BCUT2D eigenvalue weighted by atomic mass is 9.72. The van der Waals surface area contributed by atoms with Crippen LogP contribution in [0.3, 0.4) is 0 Å². The summed E-state index contributed by atoms with van der Waals surface area (Å²) in [5, 5.41) is 4.22. The van der Waals surface area contributed by atoms with E-state index in [1.54, 1.807) is 0 Å². The fourth-order valence-electron chi connectivity index (χ4n) is 4.13. The van der Waals surface area contributed by atoms with Gasteiger partial charge in [0.15, 0.2) is 0 Å². The summed E-state index contributed by atoms with van der Waals surface area (Å²) in [6, 6.07) is 8.10. The molecular weight excluding hydrogens is 322 g/mol. The van der Waals surface area contributed by atoms with Crippen molar-refractivity contribution in [2.24, 2.45) is 5.41 Å². The van der Waals surface area contributed by atoms with E-state index in [1.807, 2.05) is 18.2 Å². The van der Waals surface area contributed by atoms with Crippen LogP contribution in [-0.2, 0) is 4.79 Å². The Morgan fingerprint density at radius 2 is 1.96 bits per heavy atom. The average molecular weight is 350 g/mol. The smallest absolute Gasteiger partial charge is 0.222 e. The van der Waals surface area contributed by atoms with Crippen LogP contribution in [0.4, 0.5) is 0 Å². The highest BCUT2D eigenvalue weighted by molar-refractivity contribution is 6.31. The Morgan fingerprint density at radius 3 is 2.62 bits per heavy atom. The van der Waals surface area contributed by atoms with Crippen molar-refractivity contribution in [1.82, 2.24) is 15.1 Å². The summed E-state index contributed by atoms with van der Waals surface area (Å²) in [5.41, 5.74) is 1.41. The number of carbonyl (C=O) groups excluding carboxylic acids is 1. The number of nitrogens with one attached hydrogen (secondary N) is 1. The van der Waals surface area contributed by atoms with Crippen LogP contribution in [0.5, 0.6) is 0 Å². The minimum absolute atomic E-state index is 0.125. The van der Waals surface area contributed by atoms with Gasteiger partial charge in [-0.05, 0) is 63.5 Å². The first-order chi connectivity index (χ1) is 11.5. The molecule has 132 valence electrons. The van der Waals surface area contributed by atoms with Crippen molar-refractivity contribution in [1.29, 1.82) is 0 Å². The zero-order chi connectivity index (χ0) is 17.2. The Hall–Kier alpha value is -1.10. The van der Waals surface area contributed by atoms with Crippen molar-refractivity contribution < 1.29 is 4.79 Å². The number of hydrogen-bond acceptors (Lipinski definition) is 3. The van der Waals surface area contributed by atoms with E-state index in [4.69, 9.17) is 11.6 Å². The molecule has 0 bridgehead atoms. The van der Waals surface area contributed by atoms with Crippen LogP contribution in [0, 0.1) is 5.41 Å². The number of amides is 1. The second-order valence-electron chi connectivity index (χ2n) is 7.53. The number of piperidine rings is 2. The number of rotatable bonds is 4. The van der Waals surface area contributed by atoms with Crippen LogP contribution in [0.2, 0.25) is 5.02 Å².